The highest BCUT2D eigenvalue weighted by Gasteiger charge is 2.23. The minimum absolute atomic E-state index is 0.120. The van der Waals surface area contributed by atoms with Crippen LogP contribution in [0, 0.1) is 5.92 Å². The number of aliphatic hydroxyl groups excluding tert-OH is 1. The zero-order chi connectivity index (χ0) is 18.7. The van der Waals surface area contributed by atoms with E-state index in [0.29, 0.717) is 13.0 Å². The number of likely N-dealkylation sites (N-methyl/N-ethyl adjacent to an activating group) is 1. The molecule has 1 aromatic rings. The van der Waals surface area contributed by atoms with Crippen molar-refractivity contribution in [1.82, 2.24) is 16.0 Å². The lowest BCUT2D eigenvalue weighted by molar-refractivity contribution is -0.123. The predicted octanol–water partition coefficient (Wildman–Crippen LogP) is 1.02. The molecule has 0 fully saturated rings. The van der Waals surface area contributed by atoms with Gasteiger partial charge in [0.25, 0.3) is 0 Å². The second-order valence-electron chi connectivity index (χ2n) is 6.34. The smallest absolute Gasteiger partial charge is 0.408 e. The van der Waals surface area contributed by atoms with Gasteiger partial charge in [0.2, 0.25) is 5.91 Å². The van der Waals surface area contributed by atoms with Gasteiger partial charge in [-0.25, -0.2) is 4.79 Å². The van der Waals surface area contributed by atoms with Gasteiger partial charge in [-0.2, -0.15) is 0 Å². The SMILES string of the molecule is CNCC(O)CNC(=O)[C@H](CC(C)C)NC(=O)OCc1ccccc1. The van der Waals surface area contributed by atoms with E-state index in [2.05, 4.69) is 16.0 Å². The summed E-state index contributed by atoms with van der Waals surface area (Å²) in [4.78, 5) is 24.3. The lowest BCUT2D eigenvalue weighted by Crippen LogP contribution is -2.49. The average Bonchev–Trinajstić information content (AvgIpc) is 2.58. The molecule has 0 bridgehead atoms. The number of hydrogen-bond donors (Lipinski definition) is 4. The van der Waals surface area contributed by atoms with Crippen molar-refractivity contribution in [2.45, 2.75) is 39.0 Å². The molecule has 1 aromatic carbocycles. The predicted molar refractivity (Wildman–Crippen MR) is 95.9 cm³/mol. The van der Waals surface area contributed by atoms with Gasteiger partial charge in [-0.05, 0) is 24.9 Å². The van der Waals surface area contributed by atoms with Gasteiger partial charge in [0, 0.05) is 13.1 Å². The Balaban J connectivity index is 2.50. The third kappa shape index (κ3) is 9.07. The van der Waals surface area contributed by atoms with Crippen LogP contribution in [-0.2, 0) is 16.1 Å². The minimum Gasteiger partial charge on any atom is -0.445 e. The first kappa shape index (κ1) is 20.9. The molecule has 1 unspecified atom stereocenters. The molecule has 0 radical (unpaired) electrons. The first-order chi connectivity index (χ1) is 11.9. The molecule has 0 aliphatic carbocycles. The second-order valence-corrected chi connectivity index (χ2v) is 6.34. The van der Waals surface area contributed by atoms with Crippen molar-refractivity contribution in [3.8, 4) is 0 Å². The molecule has 25 heavy (non-hydrogen) atoms. The summed E-state index contributed by atoms with van der Waals surface area (Å²) in [6.07, 6.45) is -0.840. The number of rotatable bonds is 10. The minimum atomic E-state index is -0.704. The Morgan fingerprint density at radius 2 is 1.84 bits per heavy atom. The number of amides is 2. The molecule has 0 saturated heterocycles. The Morgan fingerprint density at radius 3 is 2.44 bits per heavy atom. The fourth-order valence-corrected chi connectivity index (χ4v) is 2.26. The van der Waals surface area contributed by atoms with E-state index < -0.39 is 18.2 Å². The summed E-state index contributed by atoms with van der Waals surface area (Å²) in [5, 5.41) is 17.7. The topological polar surface area (TPSA) is 99.7 Å². The summed E-state index contributed by atoms with van der Waals surface area (Å²) in [5.74, 6) is -0.118. The van der Waals surface area contributed by atoms with Crippen molar-refractivity contribution in [3.05, 3.63) is 35.9 Å². The largest absolute Gasteiger partial charge is 0.445 e. The van der Waals surface area contributed by atoms with E-state index in [1.165, 1.54) is 0 Å². The highest BCUT2D eigenvalue weighted by Crippen LogP contribution is 2.06. The van der Waals surface area contributed by atoms with Crippen molar-refractivity contribution in [3.63, 3.8) is 0 Å². The summed E-state index contributed by atoms with van der Waals surface area (Å²) in [6, 6.07) is 8.62. The third-order valence-electron chi connectivity index (χ3n) is 3.48. The van der Waals surface area contributed by atoms with Crippen LogP contribution in [0.25, 0.3) is 0 Å². The molecule has 7 heteroatoms. The van der Waals surface area contributed by atoms with E-state index in [4.69, 9.17) is 4.74 Å². The molecule has 0 aliphatic heterocycles. The maximum Gasteiger partial charge on any atom is 0.408 e. The van der Waals surface area contributed by atoms with Crippen LogP contribution in [0.5, 0.6) is 0 Å². The normalized spacial score (nSPS) is 13.2. The van der Waals surface area contributed by atoms with Gasteiger partial charge < -0.3 is 25.8 Å². The maximum absolute atomic E-state index is 12.3. The molecule has 0 heterocycles. The summed E-state index contributed by atoms with van der Waals surface area (Å²) < 4.78 is 5.17. The molecular formula is C18H29N3O4. The number of ether oxygens (including phenoxy) is 1. The quantitative estimate of drug-likeness (QED) is 0.504. The molecular weight excluding hydrogens is 322 g/mol. The summed E-state index contributed by atoms with van der Waals surface area (Å²) >= 11 is 0. The standard InChI is InChI=1S/C18H29N3O4/c1-13(2)9-16(17(23)20-11-15(22)10-19-3)21-18(24)25-12-14-7-5-4-6-8-14/h4-8,13,15-16,19,22H,9-12H2,1-3H3,(H,20,23)(H,21,24)/t15?,16-/m0/s1. The molecule has 0 aliphatic rings. The molecule has 7 nitrogen and oxygen atoms in total. The van der Waals surface area contributed by atoms with Gasteiger partial charge in [0.1, 0.15) is 12.6 Å². The van der Waals surface area contributed by atoms with Gasteiger partial charge in [-0.1, -0.05) is 44.2 Å². The summed E-state index contributed by atoms with van der Waals surface area (Å²) in [5.41, 5.74) is 0.873. The molecule has 140 valence electrons. The fraction of sp³-hybridized carbons (Fsp3) is 0.556. The zero-order valence-electron chi connectivity index (χ0n) is 15.1. The fourth-order valence-electron chi connectivity index (χ4n) is 2.26. The van der Waals surface area contributed by atoms with Crippen molar-refractivity contribution in [2.24, 2.45) is 5.92 Å². The van der Waals surface area contributed by atoms with Gasteiger partial charge in [0.15, 0.2) is 0 Å². The highest BCUT2D eigenvalue weighted by atomic mass is 16.5. The number of benzene rings is 1. The number of alkyl carbamates (subject to hydrolysis) is 1. The van der Waals surface area contributed by atoms with E-state index in [-0.39, 0.29) is 25.0 Å². The Morgan fingerprint density at radius 1 is 1.16 bits per heavy atom. The average molecular weight is 351 g/mol. The van der Waals surface area contributed by atoms with Crippen LogP contribution in [0.3, 0.4) is 0 Å². The van der Waals surface area contributed by atoms with Crippen LogP contribution in [0.4, 0.5) is 4.79 Å². The first-order valence-electron chi connectivity index (χ1n) is 8.50. The third-order valence-corrected chi connectivity index (χ3v) is 3.48. The Hall–Kier alpha value is -2.12. The lowest BCUT2D eigenvalue weighted by Gasteiger charge is -2.21. The molecule has 2 amide bonds. The Labute approximate surface area is 149 Å². The zero-order valence-corrected chi connectivity index (χ0v) is 15.1. The molecule has 4 N–H and O–H groups in total. The van der Waals surface area contributed by atoms with Gasteiger partial charge in [-0.15, -0.1) is 0 Å². The van der Waals surface area contributed by atoms with E-state index >= 15 is 0 Å². The Bertz CT molecular complexity index is 522. The monoisotopic (exact) mass is 351 g/mol. The van der Waals surface area contributed by atoms with Crippen LogP contribution in [0.2, 0.25) is 0 Å². The maximum atomic E-state index is 12.3. The molecule has 0 saturated carbocycles. The lowest BCUT2D eigenvalue weighted by atomic mass is 10.0. The van der Waals surface area contributed by atoms with E-state index in [1.54, 1.807) is 7.05 Å². The van der Waals surface area contributed by atoms with Crippen molar-refractivity contribution in [1.29, 1.82) is 0 Å². The molecule has 2 atom stereocenters. The van der Waals surface area contributed by atoms with Crippen LogP contribution in [0.1, 0.15) is 25.8 Å². The number of aliphatic hydroxyl groups is 1. The number of carbonyl (C=O) groups excluding carboxylic acids is 2. The van der Waals surface area contributed by atoms with E-state index in [1.807, 2.05) is 44.2 Å². The van der Waals surface area contributed by atoms with E-state index in [0.717, 1.165) is 5.56 Å². The summed E-state index contributed by atoms with van der Waals surface area (Å²) in [7, 11) is 1.72. The number of hydrogen-bond acceptors (Lipinski definition) is 5. The van der Waals surface area contributed by atoms with Crippen LogP contribution < -0.4 is 16.0 Å². The second kappa shape index (κ2) is 11.4. The van der Waals surface area contributed by atoms with Gasteiger partial charge in [-0.3, -0.25) is 4.79 Å². The van der Waals surface area contributed by atoms with Gasteiger partial charge >= 0.3 is 6.09 Å². The van der Waals surface area contributed by atoms with E-state index in [9.17, 15) is 14.7 Å². The van der Waals surface area contributed by atoms with Gasteiger partial charge in [0.05, 0.1) is 6.10 Å². The van der Waals surface area contributed by atoms with Crippen LogP contribution in [0.15, 0.2) is 30.3 Å². The molecule has 0 spiro atoms. The first-order valence-corrected chi connectivity index (χ1v) is 8.50. The van der Waals surface area contributed by atoms with Crippen molar-refractivity contribution >= 4 is 12.0 Å². The highest BCUT2D eigenvalue weighted by molar-refractivity contribution is 5.85. The van der Waals surface area contributed by atoms with Crippen molar-refractivity contribution in [2.75, 3.05) is 20.1 Å². The Kier molecular flexibility index (Phi) is 9.57. The van der Waals surface area contributed by atoms with Crippen LogP contribution in [-0.4, -0.2) is 49.4 Å². The molecule has 0 aromatic heterocycles. The van der Waals surface area contributed by atoms with Crippen molar-refractivity contribution < 1.29 is 19.4 Å². The molecule has 1 rings (SSSR count). The number of nitrogens with one attached hydrogen (secondary N) is 3. The summed E-state index contributed by atoms with van der Waals surface area (Å²) in [6.45, 7) is 4.57. The van der Waals surface area contributed by atoms with Crippen LogP contribution >= 0.6 is 0 Å². The number of carbonyl (C=O) groups is 2.